The van der Waals surface area contributed by atoms with Crippen molar-refractivity contribution in [1.29, 1.82) is 0 Å². The Morgan fingerprint density at radius 3 is 2.62 bits per heavy atom. The van der Waals surface area contributed by atoms with Gasteiger partial charge >= 0.3 is 5.97 Å². The fraction of sp³-hybridized carbons (Fsp3) is 0.625. The highest BCUT2D eigenvalue weighted by atomic mass is 16.4. The lowest BCUT2D eigenvalue weighted by Gasteiger charge is -2.16. The van der Waals surface area contributed by atoms with Gasteiger partial charge in [0.1, 0.15) is 0 Å². The Kier molecular flexibility index (Phi) is 2.65. The summed E-state index contributed by atoms with van der Waals surface area (Å²) in [4.78, 5) is 10.7. The molecule has 0 fully saturated rings. The smallest absolute Gasteiger partial charge is 0.355 e. The number of carboxylic acids is 1. The first kappa shape index (κ1) is 9.70. The second kappa shape index (κ2) is 3.55. The molecule has 1 aromatic heterocycles. The molecule has 0 aliphatic carbocycles. The summed E-state index contributed by atoms with van der Waals surface area (Å²) in [6.07, 6.45) is 1.27. The molecule has 13 heavy (non-hydrogen) atoms. The van der Waals surface area contributed by atoms with E-state index in [1.54, 1.807) is 0 Å². The Morgan fingerprint density at radius 2 is 2.15 bits per heavy atom. The minimum Gasteiger partial charge on any atom is -0.476 e. The van der Waals surface area contributed by atoms with Gasteiger partial charge in [0.15, 0.2) is 5.69 Å². The molecule has 1 unspecified atom stereocenters. The molecular weight excluding hydrogens is 170 g/mol. The van der Waals surface area contributed by atoms with Gasteiger partial charge < -0.3 is 5.11 Å². The molecule has 0 bridgehead atoms. The largest absolute Gasteiger partial charge is 0.476 e. The first-order valence-electron chi connectivity index (χ1n) is 4.17. The van der Waals surface area contributed by atoms with Gasteiger partial charge in [0, 0.05) is 0 Å². The van der Waals surface area contributed by atoms with Gasteiger partial charge in [-0.05, 0) is 12.8 Å². The Balaban J connectivity index is 3.00. The molecule has 0 saturated carbocycles. The average Bonchev–Trinajstić information content (AvgIpc) is 2.50. The van der Waals surface area contributed by atoms with Crippen molar-refractivity contribution in [2.45, 2.75) is 26.8 Å². The van der Waals surface area contributed by atoms with Gasteiger partial charge in [0.25, 0.3) is 0 Å². The van der Waals surface area contributed by atoms with Crippen LogP contribution in [0.2, 0.25) is 0 Å². The van der Waals surface area contributed by atoms with E-state index in [0.717, 1.165) is 0 Å². The van der Waals surface area contributed by atoms with E-state index < -0.39 is 5.97 Å². The predicted molar refractivity (Wildman–Crippen MR) is 46.5 cm³/mol. The van der Waals surface area contributed by atoms with Crippen molar-refractivity contribution >= 4 is 5.97 Å². The van der Waals surface area contributed by atoms with E-state index in [9.17, 15) is 4.79 Å². The lowest BCUT2D eigenvalue weighted by molar-refractivity contribution is 0.0678. The van der Waals surface area contributed by atoms with Crippen LogP contribution in [0.3, 0.4) is 0 Å². The quantitative estimate of drug-likeness (QED) is 0.764. The molecule has 1 rings (SSSR count). The summed E-state index contributed by atoms with van der Waals surface area (Å²) in [6, 6.07) is 0.0496. The lowest BCUT2D eigenvalue weighted by Crippen LogP contribution is -2.18. The van der Waals surface area contributed by atoms with Crippen LogP contribution >= 0.6 is 0 Å². The molecule has 1 atom stereocenters. The van der Waals surface area contributed by atoms with E-state index in [0.29, 0.717) is 5.92 Å². The maximum Gasteiger partial charge on any atom is 0.355 e. The number of carbonyl (C=O) groups is 1. The molecule has 0 saturated heterocycles. The van der Waals surface area contributed by atoms with Crippen LogP contribution in [-0.2, 0) is 0 Å². The summed E-state index contributed by atoms with van der Waals surface area (Å²) in [5, 5.41) is 16.1. The third-order valence-corrected chi connectivity index (χ3v) is 2.14. The molecule has 72 valence electrons. The predicted octanol–water partition coefficient (Wildman–Crippen LogP) is 1.19. The van der Waals surface area contributed by atoms with Crippen LogP contribution in [-0.4, -0.2) is 26.1 Å². The van der Waals surface area contributed by atoms with Crippen molar-refractivity contribution in [1.82, 2.24) is 15.0 Å². The number of hydrogen-bond acceptors (Lipinski definition) is 3. The number of carboxylic acid groups (broad SMARTS) is 1. The normalized spacial score (nSPS) is 13.2. The second-order valence-electron chi connectivity index (χ2n) is 3.35. The van der Waals surface area contributed by atoms with Gasteiger partial charge in [-0.15, -0.1) is 5.10 Å². The Bertz CT molecular complexity index is 306. The molecule has 1 N–H and O–H groups in total. The van der Waals surface area contributed by atoms with Crippen molar-refractivity contribution in [2.75, 3.05) is 0 Å². The van der Waals surface area contributed by atoms with Crippen molar-refractivity contribution in [3.05, 3.63) is 11.9 Å². The highest BCUT2D eigenvalue weighted by Gasteiger charge is 2.18. The Hall–Kier alpha value is -1.39. The third-order valence-electron chi connectivity index (χ3n) is 2.14. The maximum atomic E-state index is 10.7. The number of aromatic nitrogens is 3. The van der Waals surface area contributed by atoms with Crippen LogP contribution in [0.25, 0.3) is 0 Å². The van der Waals surface area contributed by atoms with Crippen LogP contribution < -0.4 is 0 Å². The maximum absolute atomic E-state index is 10.7. The monoisotopic (exact) mass is 183 g/mol. The molecule has 0 spiro atoms. The molecule has 0 amide bonds. The lowest BCUT2D eigenvalue weighted by atomic mass is 10.1. The molecule has 0 aromatic carbocycles. The number of rotatable bonds is 3. The topological polar surface area (TPSA) is 68.0 Å². The van der Waals surface area contributed by atoms with Crippen LogP contribution in [0.15, 0.2) is 6.20 Å². The van der Waals surface area contributed by atoms with Crippen LogP contribution in [0.4, 0.5) is 0 Å². The Morgan fingerprint density at radius 1 is 1.54 bits per heavy atom. The zero-order chi connectivity index (χ0) is 10.0. The molecular formula is C8H13N3O2. The van der Waals surface area contributed by atoms with Gasteiger partial charge in [-0.3, -0.25) is 0 Å². The summed E-state index contributed by atoms with van der Waals surface area (Å²) < 4.78 is 1.44. The van der Waals surface area contributed by atoms with E-state index in [1.807, 2.05) is 20.8 Å². The molecule has 0 aliphatic heterocycles. The summed E-state index contributed by atoms with van der Waals surface area (Å²) in [5.74, 6) is -0.655. The highest BCUT2D eigenvalue weighted by molar-refractivity contribution is 5.85. The minimum absolute atomic E-state index is 0.0496. The summed E-state index contributed by atoms with van der Waals surface area (Å²) >= 11 is 0. The van der Waals surface area contributed by atoms with E-state index in [-0.39, 0.29) is 11.7 Å². The molecule has 5 nitrogen and oxygen atoms in total. The van der Waals surface area contributed by atoms with Gasteiger partial charge in [0.05, 0.1) is 12.2 Å². The van der Waals surface area contributed by atoms with Gasteiger partial charge in [-0.2, -0.15) is 0 Å². The van der Waals surface area contributed by atoms with Gasteiger partial charge in [-0.1, -0.05) is 19.1 Å². The molecule has 5 heteroatoms. The Labute approximate surface area is 76.4 Å². The first-order chi connectivity index (χ1) is 6.04. The van der Waals surface area contributed by atoms with E-state index in [2.05, 4.69) is 10.3 Å². The van der Waals surface area contributed by atoms with E-state index in [4.69, 9.17) is 5.11 Å². The van der Waals surface area contributed by atoms with Crippen LogP contribution in [0.1, 0.15) is 37.3 Å². The van der Waals surface area contributed by atoms with E-state index >= 15 is 0 Å². The zero-order valence-corrected chi connectivity index (χ0v) is 7.93. The molecule has 1 heterocycles. The highest BCUT2D eigenvalue weighted by Crippen LogP contribution is 2.16. The van der Waals surface area contributed by atoms with Crippen molar-refractivity contribution in [3.63, 3.8) is 0 Å². The first-order valence-corrected chi connectivity index (χ1v) is 4.17. The average molecular weight is 183 g/mol. The van der Waals surface area contributed by atoms with Crippen LogP contribution in [0, 0.1) is 5.92 Å². The SMILES string of the molecule is CC(C)C(C)n1nncc1C(=O)O. The molecule has 0 aliphatic rings. The van der Waals surface area contributed by atoms with Crippen molar-refractivity contribution < 1.29 is 9.90 Å². The third kappa shape index (κ3) is 1.85. The van der Waals surface area contributed by atoms with Crippen molar-refractivity contribution in [3.8, 4) is 0 Å². The summed E-state index contributed by atoms with van der Waals surface area (Å²) in [6.45, 7) is 5.95. The van der Waals surface area contributed by atoms with Gasteiger partial charge in [0.2, 0.25) is 0 Å². The number of hydrogen-bond donors (Lipinski definition) is 1. The molecule has 0 radical (unpaired) electrons. The summed E-state index contributed by atoms with van der Waals surface area (Å²) in [5.41, 5.74) is 0.140. The van der Waals surface area contributed by atoms with Crippen LogP contribution in [0.5, 0.6) is 0 Å². The standard InChI is InChI=1S/C8H13N3O2/c1-5(2)6(3)11-7(8(12)13)4-9-10-11/h4-6H,1-3H3,(H,12,13). The minimum atomic E-state index is -0.988. The number of nitrogens with zero attached hydrogens (tertiary/aromatic N) is 3. The fourth-order valence-electron chi connectivity index (χ4n) is 0.980. The second-order valence-corrected chi connectivity index (χ2v) is 3.35. The number of aromatic carboxylic acids is 1. The van der Waals surface area contributed by atoms with Gasteiger partial charge in [-0.25, -0.2) is 9.48 Å². The zero-order valence-electron chi connectivity index (χ0n) is 7.93. The summed E-state index contributed by atoms with van der Waals surface area (Å²) in [7, 11) is 0. The fourth-order valence-corrected chi connectivity index (χ4v) is 0.980. The van der Waals surface area contributed by atoms with Crippen molar-refractivity contribution in [2.24, 2.45) is 5.92 Å². The van der Waals surface area contributed by atoms with E-state index in [1.165, 1.54) is 10.9 Å². The molecule has 1 aromatic rings.